The Hall–Kier alpha value is -4.28. The van der Waals surface area contributed by atoms with Gasteiger partial charge in [-0.15, -0.1) is 0 Å². The zero-order chi connectivity index (χ0) is 28.5. The Kier molecular flexibility index (Phi) is 7.42. The second-order valence-electron chi connectivity index (χ2n) is 9.03. The largest absolute Gasteiger partial charge is 0.496 e. The summed E-state index contributed by atoms with van der Waals surface area (Å²) in [7, 11) is 1.59. The minimum Gasteiger partial charge on any atom is -0.496 e. The number of aromatic nitrogens is 2. The lowest BCUT2D eigenvalue weighted by Crippen LogP contribution is -2.20. The predicted molar refractivity (Wildman–Crippen MR) is 163 cm³/mol. The molecule has 0 unspecified atom stereocenters. The van der Waals surface area contributed by atoms with Gasteiger partial charge >= 0.3 is 0 Å². The van der Waals surface area contributed by atoms with Crippen LogP contribution in [0.3, 0.4) is 0 Å². The number of para-hydroxylation sites is 1. The van der Waals surface area contributed by atoms with Crippen LogP contribution in [-0.2, 0) is 6.61 Å². The van der Waals surface area contributed by atoms with E-state index in [1.165, 1.54) is 16.8 Å². The van der Waals surface area contributed by atoms with Gasteiger partial charge < -0.3 is 13.9 Å². The number of furan rings is 1. The fraction of sp³-hybridized carbons (Fsp3) is 0.0645. The summed E-state index contributed by atoms with van der Waals surface area (Å²) in [5.41, 5.74) is 2.30. The number of ether oxygens (including phenoxy) is 2. The third kappa shape index (κ3) is 5.40. The summed E-state index contributed by atoms with van der Waals surface area (Å²) in [6.07, 6.45) is 1.56. The number of nitrogens with zero attached hydrogens (tertiary/aromatic N) is 3. The maximum atomic E-state index is 13.6. The Morgan fingerprint density at radius 1 is 0.976 bits per heavy atom. The molecular formula is C31H20Br2FN3O4. The number of rotatable bonds is 7. The molecule has 2 aromatic heterocycles. The molecule has 0 aliphatic heterocycles. The molecular weight excluding hydrogens is 657 g/mol. The van der Waals surface area contributed by atoms with Crippen LogP contribution < -0.4 is 15.0 Å². The van der Waals surface area contributed by atoms with Crippen LogP contribution in [0.25, 0.3) is 33.5 Å². The van der Waals surface area contributed by atoms with E-state index in [9.17, 15) is 9.18 Å². The quantitative estimate of drug-likeness (QED) is 0.160. The van der Waals surface area contributed by atoms with Crippen molar-refractivity contribution in [3.63, 3.8) is 0 Å². The molecule has 0 fully saturated rings. The fourth-order valence-electron chi connectivity index (χ4n) is 4.37. The molecule has 0 amide bonds. The minimum absolute atomic E-state index is 0.251. The summed E-state index contributed by atoms with van der Waals surface area (Å²) in [6.45, 7) is 0.259. The normalized spacial score (nSPS) is 11.5. The van der Waals surface area contributed by atoms with Crippen LogP contribution in [0, 0.1) is 5.82 Å². The first-order chi connectivity index (χ1) is 19.9. The number of hydrogen-bond donors (Lipinski definition) is 0. The lowest BCUT2D eigenvalue weighted by Gasteiger charge is -2.11. The van der Waals surface area contributed by atoms with Crippen LogP contribution in [0.4, 0.5) is 4.39 Å². The molecule has 0 atom stereocenters. The van der Waals surface area contributed by atoms with E-state index in [0.717, 1.165) is 10.9 Å². The maximum Gasteiger partial charge on any atom is 0.282 e. The minimum atomic E-state index is -0.341. The maximum absolute atomic E-state index is 13.6. The highest BCUT2D eigenvalue weighted by atomic mass is 79.9. The van der Waals surface area contributed by atoms with E-state index in [1.807, 2.05) is 36.4 Å². The van der Waals surface area contributed by atoms with E-state index in [-0.39, 0.29) is 23.8 Å². The molecule has 2 heterocycles. The number of methoxy groups -OCH3 is 1. The van der Waals surface area contributed by atoms with Gasteiger partial charge in [0.25, 0.3) is 5.56 Å². The first-order valence-electron chi connectivity index (χ1n) is 12.4. The van der Waals surface area contributed by atoms with Crippen LogP contribution in [0.2, 0.25) is 0 Å². The van der Waals surface area contributed by atoms with Gasteiger partial charge in [0.15, 0.2) is 5.76 Å². The van der Waals surface area contributed by atoms with Gasteiger partial charge in [0.05, 0.1) is 38.6 Å². The predicted octanol–water partition coefficient (Wildman–Crippen LogP) is 7.94. The van der Waals surface area contributed by atoms with E-state index >= 15 is 0 Å². The van der Waals surface area contributed by atoms with Crippen molar-refractivity contribution < 1.29 is 18.3 Å². The molecule has 0 saturated heterocycles. The summed E-state index contributed by atoms with van der Waals surface area (Å²) < 4.78 is 33.3. The van der Waals surface area contributed by atoms with Crippen LogP contribution in [0.1, 0.15) is 11.1 Å². The van der Waals surface area contributed by atoms with Crippen molar-refractivity contribution in [3.05, 3.63) is 121 Å². The van der Waals surface area contributed by atoms with Crippen LogP contribution in [-0.4, -0.2) is 23.0 Å². The monoisotopic (exact) mass is 675 g/mol. The molecule has 6 rings (SSSR count). The third-order valence-electron chi connectivity index (χ3n) is 6.35. The van der Waals surface area contributed by atoms with Gasteiger partial charge in [0.1, 0.15) is 29.5 Å². The fourth-order valence-corrected chi connectivity index (χ4v) is 5.82. The molecule has 41 heavy (non-hydrogen) atoms. The van der Waals surface area contributed by atoms with Gasteiger partial charge in [-0.3, -0.25) is 4.79 Å². The molecule has 0 saturated carbocycles. The molecule has 0 N–H and O–H groups in total. The van der Waals surface area contributed by atoms with E-state index in [2.05, 4.69) is 37.0 Å². The van der Waals surface area contributed by atoms with E-state index < -0.39 is 0 Å². The van der Waals surface area contributed by atoms with Crippen molar-refractivity contribution in [2.75, 3.05) is 7.11 Å². The van der Waals surface area contributed by atoms with Crippen molar-refractivity contribution in [2.45, 2.75) is 6.61 Å². The van der Waals surface area contributed by atoms with Gasteiger partial charge in [0.2, 0.25) is 5.82 Å². The summed E-state index contributed by atoms with van der Waals surface area (Å²) in [5.74, 6) is 1.54. The van der Waals surface area contributed by atoms with Crippen LogP contribution in [0.5, 0.6) is 11.5 Å². The highest BCUT2D eigenvalue weighted by Gasteiger charge is 2.18. The van der Waals surface area contributed by atoms with Crippen LogP contribution in [0.15, 0.2) is 108 Å². The molecule has 7 nitrogen and oxygen atoms in total. The summed E-state index contributed by atoms with van der Waals surface area (Å²) in [4.78, 5) is 18.3. The number of benzene rings is 4. The average Bonchev–Trinajstić information content (AvgIpc) is 3.42. The highest BCUT2D eigenvalue weighted by molar-refractivity contribution is 9.11. The highest BCUT2D eigenvalue weighted by Crippen LogP contribution is 2.36. The molecule has 4 aromatic carbocycles. The summed E-state index contributed by atoms with van der Waals surface area (Å²) in [6, 6.07) is 24.1. The molecule has 0 bridgehead atoms. The lowest BCUT2D eigenvalue weighted by molar-refractivity contribution is 0.302. The Labute approximate surface area is 250 Å². The van der Waals surface area contributed by atoms with Crippen molar-refractivity contribution in [2.24, 2.45) is 5.10 Å². The smallest absolute Gasteiger partial charge is 0.282 e. The Morgan fingerprint density at radius 3 is 2.49 bits per heavy atom. The zero-order valence-electron chi connectivity index (χ0n) is 21.5. The Bertz CT molecular complexity index is 1980. The molecule has 204 valence electrons. The molecule has 6 aromatic rings. The molecule has 0 aliphatic rings. The number of hydrogen-bond acceptors (Lipinski definition) is 6. The number of halogens is 3. The van der Waals surface area contributed by atoms with E-state index in [4.69, 9.17) is 18.9 Å². The molecule has 10 heteroatoms. The molecule has 0 spiro atoms. The third-order valence-corrected chi connectivity index (χ3v) is 7.53. The van der Waals surface area contributed by atoms with Crippen LogP contribution >= 0.6 is 31.9 Å². The first-order valence-corrected chi connectivity index (χ1v) is 14.0. The topological polar surface area (TPSA) is 78.9 Å². The van der Waals surface area contributed by atoms with Crippen molar-refractivity contribution in [1.29, 1.82) is 0 Å². The molecule has 0 radical (unpaired) electrons. The van der Waals surface area contributed by atoms with Gasteiger partial charge in [-0.1, -0.05) is 30.3 Å². The summed E-state index contributed by atoms with van der Waals surface area (Å²) >= 11 is 7.11. The second-order valence-corrected chi connectivity index (χ2v) is 10.7. The average molecular weight is 677 g/mol. The zero-order valence-corrected chi connectivity index (χ0v) is 24.6. The lowest BCUT2D eigenvalue weighted by atomic mass is 10.2. The van der Waals surface area contributed by atoms with Crippen molar-refractivity contribution in [1.82, 2.24) is 9.66 Å². The van der Waals surface area contributed by atoms with E-state index in [0.29, 0.717) is 48.3 Å². The first kappa shape index (κ1) is 26.9. The van der Waals surface area contributed by atoms with Crippen molar-refractivity contribution >= 4 is 59.9 Å². The van der Waals surface area contributed by atoms with Gasteiger partial charge in [0, 0.05) is 0 Å². The van der Waals surface area contributed by atoms with Gasteiger partial charge in [-0.2, -0.15) is 9.78 Å². The van der Waals surface area contributed by atoms with Gasteiger partial charge in [-0.05, 0) is 97.6 Å². The SMILES string of the molecule is COc1cccc2oc(-c3nc4ccccc4c(=O)n3N=Cc3cc(Br)c(OCc4ccc(F)cc4)c(Br)c3)cc12. The summed E-state index contributed by atoms with van der Waals surface area (Å²) in [5, 5.41) is 5.72. The standard InChI is InChI=1S/C31H20Br2FN3O4/c1-39-26-7-4-8-27-22(26)15-28(41-27)30-36-25-6-3-2-5-21(25)31(38)37(30)35-16-19-13-23(32)29(24(33)14-19)40-17-18-9-11-20(34)12-10-18/h2-16H,17H2,1H3. The van der Waals surface area contributed by atoms with E-state index in [1.54, 1.807) is 49.7 Å². The van der Waals surface area contributed by atoms with Crippen molar-refractivity contribution in [3.8, 4) is 23.1 Å². The Balaban J connectivity index is 1.38. The van der Waals surface area contributed by atoms with Gasteiger partial charge in [-0.25, -0.2) is 9.37 Å². The number of fused-ring (bicyclic) bond motifs is 2. The second kappa shape index (κ2) is 11.3. The molecule has 0 aliphatic carbocycles. The Morgan fingerprint density at radius 2 is 1.73 bits per heavy atom.